The summed E-state index contributed by atoms with van der Waals surface area (Å²) in [6.07, 6.45) is 0. The minimum absolute atomic E-state index is 0.0284. The molecule has 3 heteroatoms. The van der Waals surface area contributed by atoms with Crippen LogP contribution in [-0.2, 0) is 6.54 Å². The molecule has 0 bridgehead atoms. The molecular formula is C19H16BrNO. The highest BCUT2D eigenvalue weighted by atomic mass is 79.9. The lowest BCUT2D eigenvalue weighted by molar-refractivity contribution is 0.0785. The lowest BCUT2D eigenvalue weighted by Crippen LogP contribution is -2.26. The smallest absolute Gasteiger partial charge is 0.253 e. The summed E-state index contributed by atoms with van der Waals surface area (Å²) in [5.41, 5.74) is 1.83. The van der Waals surface area contributed by atoms with E-state index >= 15 is 0 Å². The predicted octanol–water partition coefficient (Wildman–Crippen LogP) is 4.87. The number of hydrogen-bond acceptors (Lipinski definition) is 1. The first kappa shape index (κ1) is 14.8. The summed E-state index contributed by atoms with van der Waals surface area (Å²) in [6, 6.07) is 22.0. The Morgan fingerprint density at radius 3 is 2.36 bits per heavy atom. The van der Waals surface area contributed by atoms with Crippen LogP contribution < -0.4 is 0 Å². The van der Waals surface area contributed by atoms with Crippen LogP contribution in [0.1, 0.15) is 15.9 Å². The summed E-state index contributed by atoms with van der Waals surface area (Å²) >= 11 is 3.38. The molecule has 0 aliphatic rings. The molecule has 0 heterocycles. The summed E-state index contributed by atoms with van der Waals surface area (Å²) < 4.78 is 0.973. The Morgan fingerprint density at radius 1 is 0.955 bits per heavy atom. The minimum Gasteiger partial charge on any atom is -0.337 e. The highest BCUT2D eigenvalue weighted by Gasteiger charge is 2.12. The van der Waals surface area contributed by atoms with Crippen LogP contribution in [0.5, 0.6) is 0 Å². The Labute approximate surface area is 138 Å². The largest absolute Gasteiger partial charge is 0.337 e. The number of carbonyl (C=O) groups is 1. The van der Waals surface area contributed by atoms with Crippen molar-refractivity contribution in [1.29, 1.82) is 0 Å². The first-order chi connectivity index (χ1) is 10.6. The third-order valence-corrected chi connectivity index (χ3v) is 4.20. The van der Waals surface area contributed by atoms with Gasteiger partial charge in [-0.3, -0.25) is 4.79 Å². The number of amides is 1. The molecule has 0 saturated carbocycles. The quantitative estimate of drug-likeness (QED) is 0.657. The van der Waals surface area contributed by atoms with Gasteiger partial charge >= 0.3 is 0 Å². The van der Waals surface area contributed by atoms with Crippen molar-refractivity contribution in [2.75, 3.05) is 7.05 Å². The van der Waals surface area contributed by atoms with Gasteiger partial charge in [-0.15, -0.1) is 0 Å². The van der Waals surface area contributed by atoms with Crippen molar-refractivity contribution in [2.24, 2.45) is 0 Å². The molecule has 22 heavy (non-hydrogen) atoms. The normalized spacial score (nSPS) is 10.6. The van der Waals surface area contributed by atoms with Crippen molar-refractivity contribution in [3.8, 4) is 0 Å². The Hall–Kier alpha value is -2.13. The molecule has 1 amide bonds. The molecule has 110 valence electrons. The summed E-state index contributed by atoms with van der Waals surface area (Å²) in [7, 11) is 1.83. The number of hydrogen-bond donors (Lipinski definition) is 0. The maximum Gasteiger partial charge on any atom is 0.253 e. The van der Waals surface area contributed by atoms with Crippen molar-refractivity contribution in [2.45, 2.75) is 6.54 Å². The van der Waals surface area contributed by atoms with Crippen LogP contribution in [0.15, 0.2) is 71.2 Å². The Kier molecular flexibility index (Phi) is 4.25. The van der Waals surface area contributed by atoms with E-state index in [9.17, 15) is 4.79 Å². The molecule has 0 saturated heterocycles. The Bertz CT molecular complexity index is 811. The van der Waals surface area contributed by atoms with Gasteiger partial charge in [0.05, 0.1) is 0 Å². The molecule has 0 aromatic heterocycles. The molecule has 0 N–H and O–H groups in total. The second kappa shape index (κ2) is 6.32. The Morgan fingerprint density at radius 2 is 1.64 bits per heavy atom. The fraction of sp³-hybridized carbons (Fsp3) is 0.105. The van der Waals surface area contributed by atoms with Gasteiger partial charge in [0.2, 0.25) is 0 Å². The fourth-order valence-corrected chi connectivity index (χ4v) is 2.76. The summed E-state index contributed by atoms with van der Waals surface area (Å²) in [6.45, 7) is 0.597. The van der Waals surface area contributed by atoms with E-state index in [0.717, 1.165) is 10.0 Å². The number of halogens is 1. The van der Waals surface area contributed by atoms with Gasteiger partial charge in [-0.1, -0.05) is 52.3 Å². The highest BCUT2D eigenvalue weighted by molar-refractivity contribution is 9.10. The van der Waals surface area contributed by atoms with E-state index in [4.69, 9.17) is 0 Å². The van der Waals surface area contributed by atoms with E-state index in [0.29, 0.717) is 12.1 Å². The van der Waals surface area contributed by atoms with Crippen LogP contribution in [0.2, 0.25) is 0 Å². The number of nitrogens with zero attached hydrogens (tertiary/aromatic N) is 1. The zero-order valence-corrected chi connectivity index (χ0v) is 13.9. The number of carbonyl (C=O) groups excluding carboxylic acids is 1. The van der Waals surface area contributed by atoms with Crippen LogP contribution in [0, 0.1) is 0 Å². The third-order valence-electron chi connectivity index (χ3n) is 3.67. The standard InChI is InChI=1S/C19H16BrNO/c1-21(19(22)16-8-10-18(20)11-9-16)13-14-6-7-15-4-2-3-5-17(15)12-14/h2-12H,13H2,1H3. The molecule has 0 radical (unpaired) electrons. The zero-order chi connectivity index (χ0) is 15.5. The monoisotopic (exact) mass is 353 g/mol. The van der Waals surface area contributed by atoms with Crippen molar-refractivity contribution >= 4 is 32.6 Å². The lowest BCUT2D eigenvalue weighted by atomic mass is 10.1. The van der Waals surface area contributed by atoms with Crippen LogP contribution in [0.4, 0.5) is 0 Å². The lowest BCUT2D eigenvalue weighted by Gasteiger charge is -2.17. The van der Waals surface area contributed by atoms with Gasteiger partial charge in [0, 0.05) is 23.6 Å². The first-order valence-corrected chi connectivity index (χ1v) is 7.91. The zero-order valence-electron chi connectivity index (χ0n) is 12.3. The van der Waals surface area contributed by atoms with Gasteiger partial charge in [0.15, 0.2) is 0 Å². The maximum absolute atomic E-state index is 12.4. The topological polar surface area (TPSA) is 20.3 Å². The van der Waals surface area contributed by atoms with Crippen molar-refractivity contribution in [1.82, 2.24) is 4.90 Å². The van der Waals surface area contributed by atoms with E-state index in [2.05, 4.69) is 46.3 Å². The summed E-state index contributed by atoms with van der Waals surface area (Å²) in [5, 5.41) is 2.41. The average Bonchev–Trinajstić information content (AvgIpc) is 2.55. The minimum atomic E-state index is 0.0284. The fourth-order valence-electron chi connectivity index (χ4n) is 2.50. The van der Waals surface area contributed by atoms with Crippen molar-refractivity contribution in [3.63, 3.8) is 0 Å². The Balaban J connectivity index is 1.78. The third kappa shape index (κ3) is 3.20. The maximum atomic E-state index is 12.4. The second-order valence-electron chi connectivity index (χ2n) is 5.35. The van der Waals surface area contributed by atoms with Gasteiger partial charge < -0.3 is 4.90 Å². The number of benzene rings is 3. The number of fused-ring (bicyclic) bond motifs is 1. The molecule has 0 aliphatic heterocycles. The number of rotatable bonds is 3. The van der Waals surface area contributed by atoms with Crippen LogP contribution in [-0.4, -0.2) is 17.9 Å². The van der Waals surface area contributed by atoms with E-state index in [-0.39, 0.29) is 5.91 Å². The molecule has 3 aromatic carbocycles. The highest BCUT2D eigenvalue weighted by Crippen LogP contribution is 2.18. The molecule has 2 nitrogen and oxygen atoms in total. The molecule has 0 atom stereocenters. The van der Waals surface area contributed by atoms with E-state index in [1.807, 2.05) is 43.4 Å². The van der Waals surface area contributed by atoms with Gasteiger partial charge in [-0.05, 0) is 46.7 Å². The van der Waals surface area contributed by atoms with Gasteiger partial charge in [0.1, 0.15) is 0 Å². The van der Waals surface area contributed by atoms with E-state index in [1.165, 1.54) is 10.8 Å². The van der Waals surface area contributed by atoms with Crippen molar-refractivity contribution in [3.05, 3.63) is 82.3 Å². The van der Waals surface area contributed by atoms with E-state index in [1.54, 1.807) is 4.90 Å². The van der Waals surface area contributed by atoms with Crippen LogP contribution in [0.25, 0.3) is 10.8 Å². The van der Waals surface area contributed by atoms with Gasteiger partial charge in [-0.25, -0.2) is 0 Å². The summed E-state index contributed by atoms with van der Waals surface area (Å²) in [5.74, 6) is 0.0284. The average molecular weight is 354 g/mol. The second-order valence-corrected chi connectivity index (χ2v) is 6.27. The predicted molar refractivity (Wildman–Crippen MR) is 93.9 cm³/mol. The molecule has 3 rings (SSSR count). The first-order valence-electron chi connectivity index (χ1n) is 7.12. The van der Waals surface area contributed by atoms with Gasteiger partial charge in [0.25, 0.3) is 5.91 Å². The SMILES string of the molecule is CN(Cc1ccc2ccccc2c1)C(=O)c1ccc(Br)cc1. The van der Waals surface area contributed by atoms with E-state index < -0.39 is 0 Å². The molecule has 0 aliphatic carbocycles. The van der Waals surface area contributed by atoms with Gasteiger partial charge in [-0.2, -0.15) is 0 Å². The summed E-state index contributed by atoms with van der Waals surface area (Å²) in [4.78, 5) is 14.2. The molecule has 0 unspecified atom stereocenters. The van der Waals surface area contributed by atoms with Crippen LogP contribution >= 0.6 is 15.9 Å². The molecule has 0 spiro atoms. The molecule has 0 fully saturated rings. The molecule has 3 aromatic rings. The van der Waals surface area contributed by atoms with Crippen molar-refractivity contribution < 1.29 is 4.79 Å². The van der Waals surface area contributed by atoms with Crippen LogP contribution in [0.3, 0.4) is 0 Å². The molecular weight excluding hydrogens is 338 g/mol.